The topological polar surface area (TPSA) is 50.2 Å². The summed E-state index contributed by atoms with van der Waals surface area (Å²) in [6, 6.07) is 1.78. The second kappa shape index (κ2) is 3.79. The third kappa shape index (κ3) is 1.60. The lowest BCUT2D eigenvalue weighted by molar-refractivity contribution is 0.0966. The van der Waals surface area contributed by atoms with Crippen molar-refractivity contribution >= 4 is 21.7 Å². The van der Waals surface area contributed by atoms with Gasteiger partial charge < -0.3 is 5.11 Å². The zero-order valence-corrected chi connectivity index (χ0v) is 9.17. The second-order valence-electron chi connectivity index (χ2n) is 3.36. The van der Waals surface area contributed by atoms with Crippen molar-refractivity contribution in [2.75, 3.05) is 0 Å². The standard InChI is InChI=1S/C10H10BrNO2/c11-8-4-6(5-13)12-10-7(8)2-1-3-9(10)14/h4,13H,1-3,5H2. The predicted molar refractivity (Wildman–Crippen MR) is 55.1 cm³/mol. The fourth-order valence-electron chi connectivity index (χ4n) is 1.68. The molecule has 0 bridgehead atoms. The normalized spacial score (nSPS) is 15.4. The highest BCUT2D eigenvalue weighted by molar-refractivity contribution is 9.10. The third-order valence-corrected chi connectivity index (χ3v) is 3.09. The molecule has 1 heterocycles. The molecule has 0 aromatic carbocycles. The predicted octanol–water partition coefficient (Wildman–Crippen LogP) is 1.86. The van der Waals surface area contributed by atoms with Gasteiger partial charge in [-0.05, 0) is 24.5 Å². The average molecular weight is 256 g/mol. The van der Waals surface area contributed by atoms with Crippen LogP contribution in [0.25, 0.3) is 0 Å². The van der Waals surface area contributed by atoms with E-state index in [-0.39, 0.29) is 12.4 Å². The van der Waals surface area contributed by atoms with E-state index < -0.39 is 0 Å². The van der Waals surface area contributed by atoms with E-state index in [1.54, 1.807) is 6.07 Å². The van der Waals surface area contributed by atoms with Crippen LogP contribution in [0, 0.1) is 0 Å². The van der Waals surface area contributed by atoms with Crippen LogP contribution >= 0.6 is 15.9 Å². The Labute approximate surface area is 90.3 Å². The lowest BCUT2D eigenvalue weighted by atomic mass is 9.95. The van der Waals surface area contributed by atoms with Gasteiger partial charge in [-0.3, -0.25) is 4.79 Å². The Balaban J connectivity index is 2.57. The van der Waals surface area contributed by atoms with E-state index in [2.05, 4.69) is 20.9 Å². The number of Topliss-reactive ketones (excluding diaryl/α,β-unsaturated/α-hetero) is 1. The zero-order chi connectivity index (χ0) is 10.1. The number of hydrogen-bond donors (Lipinski definition) is 1. The molecule has 1 N–H and O–H groups in total. The van der Waals surface area contributed by atoms with Crippen LogP contribution in [0.1, 0.15) is 34.6 Å². The molecule has 0 unspecified atom stereocenters. The third-order valence-electron chi connectivity index (χ3n) is 2.38. The molecule has 2 rings (SSSR count). The van der Waals surface area contributed by atoms with Gasteiger partial charge in [-0.15, -0.1) is 0 Å². The number of fused-ring (bicyclic) bond motifs is 1. The van der Waals surface area contributed by atoms with Gasteiger partial charge in [-0.2, -0.15) is 0 Å². The molecule has 74 valence electrons. The Morgan fingerprint density at radius 3 is 3.00 bits per heavy atom. The lowest BCUT2D eigenvalue weighted by Crippen LogP contribution is -2.15. The summed E-state index contributed by atoms with van der Waals surface area (Å²) in [7, 11) is 0. The van der Waals surface area contributed by atoms with E-state index in [1.165, 1.54) is 0 Å². The molecule has 0 aliphatic heterocycles. The molecule has 0 saturated heterocycles. The number of ketones is 1. The molecule has 1 aromatic rings. The summed E-state index contributed by atoms with van der Waals surface area (Å²) in [6.45, 7) is -0.126. The molecular weight excluding hydrogens is 246 g/mol. The van der Waals surface area contributed by atoms with Crippen LogP contribution in [-0.2, 0) is 13.0 Å². The highest BCUT2D eigenvalue weighted by atomic mass is 79.9. The Morgan fingerprint density at radius 2 is 2.29 bits per heavy atom. The van der Waals surface area contributed by atoms with Crippen LogP contribution in [0.3, 0.4) is 0 Å². The lowest BCUT2D eigenvalue weighted by Gasteiger charge is -2.15. The van der Waals surface area contributed by atoms with Crippen molar-refractivity contribution in [1.29, 1.82) is 0 Å². The van der Waals surface area contributed by atoms with Gasteiger partial charge in [-0.1, -0.05) is 15.9 Å². The number of nitrogens with zero attached hydrogens (tertiary/aromatic N) is 1. The number of aliphatic hydroxyl groups excluding tert-OH is 1. The van der Waals surface area contributed by atoms with Crippen molar-refractivity contribution < 1.29 is 9.90 Å². The van der Waals surface area contributed by atoms with E-state index in [0.29, 0.717) is 17.8 Å². The molecule has 0 saturated carbocycles. The fraction of sp³-hybridized carbons (Fsp3) is 0.400. The van der Waals surface area contributed by atoms with E-state index in [9.17, 15) is 4.79 Å². The van der Waals surface area contributed by atoms with Crippen LogP contribution in [0.5, 0.6) is 0 Å². The first-order valence-corrected chi connectivity index (χ1v) is 5.34. The first kappa shape index (κ1) is 9.80. The fourth-order valence-corrected chi connectivity index (χ4v) is 2.33. The summed E-state index contributed by atoms with van der Waals surface area (Å²) in [5, 5.41) is 8.96. The van der Waals surface area contributed by atoms with Crippen molar-refractivity contribution in [2.24, 2.45) is 0 Å². The number of aromatic nitrogens is 1. The molecule has 0 amide bonds. The number of carbonyl (C=O) groups excluding carboxylic acids is 1. The molecule has 0 radical (unpaired) electrons. The van der Waals surface area contributed by atoms with Crippen LogP contribution in [0.4, 0.5) is 0 Å². The first-order valence-electron chi connectivity index (χ1n) is 4.54. The largest absolute Gasteiger partial charge is 0.390 e. The van der Waals surface area contributed by atoms with Gasteiger partial charge in [0.05, 0.1) is 12.3 Å². The smallest absolute Gasteiger partial charge is 0.181 e. The SMILES string of the molecule is O=C1CCCc2c(Br)cc(CO)nc21. The summed E-state index contributed by atoms with van der Waals surface area (Å²) >= 11 is 3.40. The quantitative estimate of drug-likeness (QED) is 0.834. The summed E-state index contributed by atoms with van der Waals surface area (Å²) in [4.78, 5) is 15.7. The molecule has 0 spiro atoms. The minimum Gasteiger partial charge on any atom is -0.390 e. The molecule has 3 nitrogen and oxygen atoms in total. The van der Waals surface area contributed by atoms with Gasteiger partial charge in [-0.25, -0.2) is 4.98 Å². The Kier molecular flexibility index (Phi) is 2.65. The highest BCUT2D eigenvalue weighted by Gasteiger charge is 2.21. The van der Waals surface area contributed by atoms with Crippen molar-refractivity contribution in [3.05, 3.63) is 27.5 Å². The van der Waals surface area contributed by atoms with Crippen molar-refractivity contribution in [3.63, 3.8) is 0 Å². The maximum Gasteiger partial charge on any atom is 0.181 e. The first-order chi connectivity index (χ1) is 6.72. The molecule has 1 aliphatic carbocycles. The molecule has 0 atom stereocenters. The number of halogens is 1. The second-order valence-corrected chi connectivity index (χ2v) is 4.21. The van der Waals surface area contributed by atoms with Gasteiger partial charge >= 0.3 is 0 Å². The summed E-state index contributed by atoms with van der Waals surface area (Å²) in [6.07, 6.45) is 2.35. The molecular formula is C10H10BrNO2. The molecule has 1 aromatic heterocycles. The molecule has 1 aliphatic rings. The van der Waals surface area contributed by atoms with E-state index >= 15 is 0 Å². The van der Waals surface area contributed by atoms with E-state index in [1.807, 2.05) is 0 Å². The zero-order valence-electron chi connectivity index (χ0n) is 7.59. The van der Waals surface area contributed by atoms with Gasteiger partial charge in [0.2, 0.25) is 0 Å². The summed E-state index contributed by atoms with van der Waals surface area (Å²) in [5.74, 6) is 0.0854. The van der Waals surface area contributed by atoms with E-state index in [0.717, 1.165) is 22.9 Å². The van der Waals surface area contributed by atoms with Gasteiger partial charge in [0.15, 0.2) is 5.78 Å². The van der Waals surface area contributed by atoms with Crippen molar-refractivity contribution in [1.82, 2.24) is 4.98 Å². The number of pyridine rings is 1. The number of rotatable bonds is 1. The summed E-state index contributed by atoms with van der Waals surface area (Å²) < 4.78 is 0.889. The average Bonchev–Trinajstić information content (AvgIpc) is 2.19. The number of aliphatic hydroxyl groups is 1. The molecule has 4 heteroatoms. The molecule has 14 heavy (non-hydrogen) atoms. The maximum atomic E-state index is 11.5. The van der Waals surface area contributed by atoms with Crippen molar-refractivity contribution in [3.8, 4) is 0 Å². The van der Waals surface area contributed by atoms with Crippen LogP contribution in [-0.4, -0.2) is 15.9 Å². The monoisotopic (exact) mass is 255 g/mol. The highest BCUT2D eigenvalue weighted by Crippen LogP contribution is 2.27. The molecule has 0 fully saturated rings. The van der Waals surface area contributed by atoms with Gasteiger partial charge in [0, 0.05) is 10.9 Å². The van der Waals surface area contributed by atoms with Crippen LogP contribution in [0.2, 0.25) is 0 Å². The minimum absolute atomic E-state index is 0.0854. The number of hydrogen-bond acceptors (Lipinski definition) is 3. The maximum absolute atomic E-state index is 11.5. The minimum atomic E-state index is -0.126. The number of carbonyl (C=O) groups is 1. The summed E-state index contributed by atoms with van der Waals surface area (Å²) in [5.41, 5.74) is 2.07. The van der Waals surface area contributed by atoms with Crippen molar-refractivity contribution in [2.45, 2.75) is 25.9 Å². The van der Waals surface area contributed by atoms with E-state index in [4.69, 9.17) is 5.11 Å². The Morgan fingerprint density at radius 1 is 1.50 bits per heavy atom. The Hall–Kier alpha value is -0.740. The Bertz CT molecular complexity index is 390. The van der Waals surface area contributed by atoms with Gasteiger partial charge in [0.1, 0.15) is 5.69 Å². The van der Waals surface area contributed by atoms with Crippen LogP contribution < -0.4 is 0 Å². The van der Waals surface area contributed by atoms with Crippen LogP contribution in [0.15, 0.2) is 10.5 Å². The van der Waals surface area contributed by atoms with Gasteiger partial charge in [0.25, 0.3) is 0 Å².